The number of hydrogen-bond acceptors (Lipinski definition) is 17. The first-order chi connectivity index (χ1) is 38.1. The molecule has 1 saturated heterocycles. The summed E-state index contributed by atoms with van der Waals surface area (Å²) in [6, 6.07) is 21.3. The summed E-state index contributed by atoms with van der Waals surface area (Å²) in [7, 11) is 3.01. The number of rotatable bonds is 17. The summed E-state index contributed by atoms with van der Waals surface area (Å²) in [5.74, 6) is 0.283. The first-order valence-corrected chi connectivity index (χ1v) is 24.6. The Morgan fingerprint density at radius 3 is 1.52 bits per heavy atom. The van der Waals surface area contributed by atoms with Gasteiger partial charge in [0.25, 0.3) is 0 Å². The lowest BCUT2D eigenvalue weighted by Gasteiger charge is -2.18. The number of halogens is 2. The molecule has 3 amide bonds. The van der Waals surface area contributed by atoms with Crippen LogP contribution in [-0.2, 0) is 46.2 Å². The number of benzene rings is 4. The lowest BCUT2D eigenvalue weighted by Crippen LogP contribution is -2.48. The highest BCUT2D eigenvalue weighted by atomic mass is 19.1. The molecule has 3 aromatic heterocycles. The molecule has 0 spiro atoms. The predicted molar refractivity (Wildman–Crippen MR) is 280 cm³/mol. The van der Waals surface area contributed by atoms with Crippen molar-refractivity contribution in [2.75, 3.05) is 40.6 Å². The van der Waals surface area contributed by atoms with E-state index in [1.54, 1.807) is 105 Å². The third-order valence-electron chi connectivity index (χ3n) is 11.2. The van der Waals surface area contributed by atoms with Crippen LogP contribution >= 0.6 is 0 Å². The largest absolute Gasteiger partial charge is 0.496 e. The molecule has 25 heteroatoms. The molecule has 7 aromatic rings. The molecular weight excluding hydrogens is 1030 g/mol. The highest BCUT2D eigenvalue weighted by Crippen LogP contribution is 2.32. The van der Waals surface area contributed by atoms with E-state index in [0.717, 1.165) is 35.5 Å². The quantitative estimate of drug-likeness (QED) is 0.0253. The van der Waals surface area contributed by atoms with Gasteiger partial charge >= 0.3 is 47.3 Å². The Kier molecular flexibility index (Phi) is 24.2. The van der Waals surface area contributed by atoms with E-state index in [1.807, 2.05) is 5.10 Å². The molecule has 23 nitrogen and oxygen atoms in total. The summed E-state index contributed by atoms with van der Waals surface area (Å²) in [5.41, 5.74) is 6.02. The predicted octanol–water partition coefficient (Wildman–Crippen LogP) is 5.34. The summed E-state index contributed by atoms with van der Waals surface area (Å²) in [4.78, 5) is 89.4. The highest BCUT2D eigenvalue weighted by molar-refractivity contribution is 6.35. The number of H-pyrrole nitrogens is 1. The number of methoxy groups -OCH3 is 2. The van der Waals surface area contributed by atoms with Gasteiger partial charge in [0.15, 0.2) is 0 Å². The molecule has 79 heavy (non-hydrogen) atoms. The topological polar surface area (TPSA) is 305 Å². The average molecular weight is 1100 g/mol. The van der Waals surface area contributed by atoms with Crippen LogP contribution in [0, 0.1) is 11.6 Å². The third kappa shape index (κ3) is 19.6. The molecule has 0 unspecified atom stereocenters. The molecule has 0 radical (unpaired) electrons. The number of nitrogens with zero attached hydrogens (tertiary/aromatic N) is 5. The van der Waals surface area contributed by atoms with Crippen molar-refractivity contribution >= 4 is 35.7 Å². The van der Waals surface area contributed by atoms with Crippen LogP contribution in [0.3, 0.4) is 0 Å². The minimum absolute atomic E-state index is 0.0896. The molecule has 4 heterocycles. The zero-order valence-electron chi connectivity index (χ0n) is 43.6. The number of amides is 3. The summed E-state index contributed by atoms with van der Waals surface area (Å²) in [5, 5.41) is 10.6. The standard InChI is InChI=1S/C22H22FN3O6.C21H24FN3O5.C7H6N4O.C4H8O/c1-3-31-19(27)12-16(24-20(28)21-25-26-22(29)32-21)10-13-4-6-14(7-5-13)17-11-15(23)8-9-18(17)30-2;1-3-30-19(26)12-16(24-20(27)21(28)25-23)10-13-4-6-14(7-5-13)17-11-15(22)8-9-18(17)29-2;12-7(10-3-1-8-5-10)11-4-2-9-6-11;1-2-4-5-3-1/h4-9,11,16H,3,10,12H2,1-2H3,(H,24,28)(H,26,29);4-9,11,16H,3,10,12,23H2,1-2H3,(H,24,27)(H,25,28);1-6H;1-4H2/t2*16-;;/m11../s1. The molecule has 4 aromatic carbocycles. The number of aromatic amines is 1. The maximum Gasteiger partial charge on any atom is 0.434 e. The van der Waals surface area contributed by atoms with Gasteiger partial charge in [0.1, 0.15) is 35.8 Å². The van der Waals surface area contributed by atoms with Crippen molar-refractivity contribution in [2.45, 2.75) is 64.5 Å². The Balaban J connectivity index is 0.000000224. The van der Waals surface area contributed by atoms with Gasteiger partial charge in [0.2, 0.25) is 0 Å². The average Bonchev–Trinajstić information content (AvgIpc) is 4.33. The molecule has 1 aliphatic heterocycles. The van der Waals surface area contributed by atoms with E-state index in [9.17, 15) is 42.3 Å². The van der Waals surface area contributed by atoms with Crippen LogP contribution in [0.2, 0.25) is 0 Å². The summed E-state index contributed by atoms with van der Waals surface area (Å²) >= 11 is 0. The molecule has 0 aliphatic carbocycles. The number of esters is 2. The number of nitrogens with one attached hydrogen (secondary N) is 4. The van der Waals surface area contributed by atoms with Gasteiger partial charge in [-0.15, -0.1) is 5.10 Å². The maximum atomic E-state index is 13.7. The minimum Gasteiger partial charge on any atom is -0.496 e. The second kappa shape index (κ2) is 31.6. The molecule has 2 atom stereocenters. The molecular formula is C54H60F2N10O13. The number of hydrogen-bond donors (Lipinski definition) is 5. The van der Waals surface area contributed by atoms with Gasteiger partial charge in [0.05, 0.1) is 40.3 Å². The van der Waals surface area contributed by atoms with Crippen molar-refractivity contribution in [3.05, 3.63) is 162 Å². The number of imidazole rings is 2. The fourth-order valence-corrected chi connectivity index (χ4v) is 7.49. The summed E-state index contributed by atoms with van der Waals surface area (Å²) in [6.07, 6.45) is 12.1. The Morgan fingerprint density at radius 2 is 1.15 bits per heavy atom. The van der Waals surface area contributed by atoms with E-state index >= 15 is 0 Å². The molecule has 1 aliphatic rings. The SMILES string of the molecule is C1CCOC1.CCOC(=O)C[C@@H](Cc1ccc(-c2cc(F)ccc2OC)cc1)NC(=O)C(=O)NN.CCOC(=O)C[C@@H](Cc1ccc(-c2cc(F)ccc2OC)cc1)NC(=O)c1n[nH]c(=O)o1.O=C(n1ccnc1)n1ccnc1. The highest BCUT2D eigenvalue weighted by Gasteiger charge is 2.24. The van der Waals surface area contributed by atoms with Gasteiger partial charge < -0.3 is 38.7 Å². The van der Waals surface area contributed by atoms with Gasteiger partial charge in [-0.1, -0.05) is 48.5 Å². The van der Waals surface area contributed by atoms with Crippen LogP contribution in [0.15, 0.2) is 132 Å². The van der Waals surface area contributed by atoms with Crippen molar-refractivity contribution in [2.24, 2.45) is 5.84 Å². The number of ether oxygens (including phenoxy) is 5. The second-order valence-electron chi connectivity index (χ2n) is 16.8. The van der Waals surface area contributed by atoms with E-state index < -0.39 is 53.4 Å². The molecule has 418 valence electrons. The van der Waals surface area contributed by atoms with Gasteiger partial charge in [0, 0.05) is 61.2 Å². The monoisotopic (exact) mass is 1090 g/mol. The number of aromatic nitrogens is 6. The Labute approximate surface area is 451 Å². The zero-order valence-corrected chi connectivity index (χ0v) is 43.6. The van der Waals surface area contributed by atoms with Crippen molar-refractivity contribution < 1.29 is 65.6 Å². The molecule has 6 N–H and O–H groups in total. The van der Waals surface area contributed by atoms with Gasteiger partial charge in [-0.3, -0.25) is 38.5 Å². The van der Waals surface area contributed by atoms with E-state index in [2.05, 4.69) is 30.1 Å². The van der Waals surface area contributed by atoms with Crippen LogP contribution in [0.4, 0.5) is 13.6 Å². The Morgan fingerprint density at radius 1 is 0.684 bits per heavy atom. The first-order valence-electron chi connectivity index (χ1n) is 24.6. The lowest BCUT2D eigenvalue weighted by molar-refractivity contribution is -0.145. The van der Waals surface area contributed by atoms with Gasteiger partial charge in [-0.05, 0) is 98.2 Å². The van der Waals surface area contributed by atoms with Crippen LogP contribution in [0.1, 0.15) is 61.3 Å². The summed E-state index contributed by atoms with van der Waals surface area (Å²) < 4.78 is 60.2. The summed E-state index contributed by atoms with van der Waals surface area (Å²) in [6.45, 7) is 5.76. The lowest BCUT2D eigenvalue weighted by atomic mass is 9.98. The van der Waals surface area contributed by atoms with Crippen molar-refractivity contribution in [3.8, 4) is 33.8 Å². The Bertz CT molecular complexity index is 3070. The van der Waals surface area contributed by atoms with Crippen molar-refractivity contribution in [1.29, 1.82) is 0 Å². The van der Waals surface area contributed by atoms with Gasteiger partial charge in [-0.25, -0.2) is 39.3 Å². The third-order valence-corrected chi connectivity index (χ3v) is 11.2. The molecule has 0 bridgehead atoms. The minimum atomic E-state index is -1.02. The molecule has 0 saturated carbocycles. The smallest absolute Gasteiger partial charge is 0.434 e. The van der Waals surface area contributed by atoms with E-state index in [-0.39, 0.29) is 50.1 Å². The van der Waals surface area contributed by atoms with Crippen LogP contribution in [0.25, 0.3) is 22.3 Å². The zero-order chi connectivity index (χ0) is 57.1. The number of carbonyl (C=O) groups is 6. The molecule has 8 rings (SSSR count). The van der Waals surface area contributed by atoms with Crippen molar-refractivity contribution in [3.63, 3.8) is 0 Å². The number of nitrogens with two attached hydrogens (primary N) is 1. The van der Waals surface area contributed by atoms with Crippen LogP contribution in [0.5, 0.6) is 11.5 Å². The van der Waals surface area contributed by atoms with E-state index in [4.69, 9.17) is 29.5 Å². The van der Waals surface area contributed by atoms with Crippen LogP contribution < -0.4 is 37.1 Å². The van der Waals surface area contributed by atoms with Crippen LogP contribution in [-0.4, -0.2) is 118 Å². The fourth-order valence-electron chi connectivity index (χ4n) is 7.49. The first kappa shape index (κ1) is 60.5. The number of hydrazine groups is 1. The van der Waals surface area contributed by atoms with E-state index in [0.29, 0.717) is 29.0 Å². The Hall–Kier alpha value is -9.36. The normalized spacial score (nSPS) is 12.0. The van der Waals surface area contributed by atoms with Crippen molar-refractivity contribution in [1.82, 2.24) is 45.4 Å². The molecule has 1 fully saturated rings. The fraction of sp³-hybridized carbons (Fsp3) is 0.296. The number of carbonyl (C=O) groups excluding carboxylic acids is 6. The van der Waals surface area contributed by atoms with E-state index in [1.165, 1.54) is 73.1 Å². The van der Waals surface area contributed by atoms with Gasteiger partial charge in [-0.2, -0.15) is 0 Å². The second-order valence-corrected chi connectivity index (χ2v) is 16.8. The maximum absolute atomic E-state index is 13.7.